The Kier molecular flexibility index (Phi) is 3.10. The molecule has 0 aromatic carbocycles. The molecule has 2 aliphatic heterocycles. The third-order valence-corrected chi connectivity index (χ3v) is 3.84. The molecule has 2 saturated heterocycles. The predicted molar refractivity (Wildman–Crippen MR) is 64.4 cm³/mol. The van der Waals surface area contributed by atoms with Crippen molar-refractivity contribution in [3.63, 3.8) is 0 Å². The lowest BCUT2D eigenvalue weighted by molar-refractivity contribution is 0.0607. The molecule has 2 bridgehead atoms. The van der Waals surface area contributed by atoms with Crippen molar-refractivity contribution in [2.75, 3.05) is 27.2 Å². The monoisotopic (exact) mass is 225 g/mol. The van der Waals surface area contributed by atoms with Gasteiger partial charge in [-0.3, -0.25) is 4.90 Å². The highest BCUT2D eigenvalue weighted by Gasteiger charge is 2.43. The summed E-state index contributed by atoms with van der Waals surface area (Å²) in [5.74, 6) is 0. The number of fused-ring (bicyclic) bond motifs is 2. The number of hydrogen-bond acceptors (Lipinski definition) is 2. The number of amides is 2. The molecule has 0 saturated carbocycles. The highest BCUT2D eigenvalue weighted by atomic mass is 16.2. The summed E-state index contributed by atoms with van der Waals surface area (Å²) in [5, 5.41) is 0. The molecule has 0 aliphatic carbocycles. The zero-order valence-corrected chi connectivity index (χ0v) is 10.8. The third-order valence-electron chi connectivity index (χ3n) is 3.84. The van der Waals surface area contributed by atoms with Gasteiger partial charge in [0.2, 0.25) is 0 Å². The number of nitrogens with zero attached hydrogens (tertiary/aromatic N) is 3. The largest absolute Gasteiger partial charge is 0.331 e. The van der Waals surface area contributed by atoms with Gasteiger partial charge >= 0.3 is 6.03 Å². The van der Waals surface area contributed by atoms with Crippen LogP contribution in [0.15, 0.2) is 0 Å². The zero-order valence-electron chi connectivity index (χ0n) is 10.8. The van der Waals surface area contributed by atoms with Crippen LogP contribution < -0.4 is 0 Å². The van der Waals surface area contributed by atoms with Gasteiger partial charge in [-0.25, -0.2) is 4.79 Å². The van der Waals surface area contributed by atoms with Crippen LogP contribution in [0.4, 0.5) is 4.79 Å². The molecule has 2 rings (SSSR count). The van der Waals surface area contributed by atoms with Gasteiger partial charge in [0.25, 0.3) is 0 Å². The van der Waals surface area contributed by atoms with Crippen LogP contribution in [0.1, 0.15) is 26.7 Å². The summed E-state index contributed by atoms with van der Waals surface area (Å²) in [5.41, 5.74) is 0. The summed E-state index contributed by atoms with van der Waals surface area (Å²) in [7, 11) is 3.69. The molecule has 92 valence electrons. The summed E-state index contributed by atoms with van der Waals surface area (Å²) >= 11 is 0. The molecule has 2 atom stereocenters. The Bertz CT molecular complexity index is 263. The molecular weight excluding hydrogens is 202 g/mol. The van der Waals surface area contributed by atoms with E-state index in [1.807, 2.05) is 14.1 Å². The van der Waals surface area contributed by atoms with Gasteiger partial charge in [-0.15, -0.1) is 0 Å². The maximum atomic E-state index is 12.1. The number of rotatable bonds is 1. The molecule has 16 heavy (non-hydrogen) atoms. The molecule has 0 aromatic rings. The first-order chi connectivity index (χ1) is 7.50. The minimum Gasteiger partial charge on any atom is -0.331 e. The van der Waals surface area contributed by atoms with Crippen molar-refractivity contribution < 1.29 is 4.79 Å². The van der Waals surface area contributed by atoms with Gasteiger partial charge in [-0.1, -0.05) is 0 Å². The van der Waals surface area contributed by atoms with E-state index in [1.165, 1.54) is 12.8 Å². The van der Waals surface area contributed by atoms with Gasteiger partial charge in [0.15, 0.2) is 0 Å². The van der Waals surface area contributed by atoms with E-state index >= 15 is 0 Å². The summed E-state index contributed by atoms with van der Waals surface area (Å²) in [4.78, 5) is 18.4. The van der Waals surface area contributed by atoms with Gasteiger partial charge in [-0.05, 0) is 26.7 Å². The molecule has 2 unspecified atom stereocenters. The molecule has 0 spiro atoms. The first-order valence-corrected chi connectivity index (χ1v) is 6.24. The SMILES string of the molecule is CC(C)N1CC2CCC(C1)N2C(=O)N(C)C. The van der Waals surface area contributed by atoms with Crippen LogP contribution >= 0.6 is 0 Å². The Morgan fingerprint density at radius 1 is 1.19 bits per heavy atom. The molecule has 2 fully saturated rings. The van der Waals surface area contributed by atoms with E-state index in [0.29, 0.717) is 18.1 Å². The summed E-state index contributed by atoms with van der Waals surface area (Å²) in [6, 6.07) is 1.67. The minimum atomic E-state index is 0.191. The highest BCUT2D eigenvalue weighted by molar-refractivity contribution is 5.75. The molecule has 4 heteroatoms. The second-order valence-corrected chi connectivity index (χ2v) is 5.52. The van der Waals surface area contributed by atoms with Crippen LogP contribution in [-0.4, -0.2) is 66.0 Å². The highest BCUT2D eigenvalue weighted by Crippen LogP contribution is 2.31. The van der Waals surface area contributed by atoms with E-state index in [9.17, 15) is 4.79 Å². The van der Waals surface area contributed by atoms with Crippen LogP contribution in [0, 0.1) is 0 Å². The average molecular weight is 225 g/mol. The van der Waals surface area contributed by atoms with Crippen molar-refractivity contribution in [3.05, 3.63) is 0 Å². The summed E-state index contributed by atoms with van der Waals surface area (Å²) in [6.45, 7) is 6.58. The van der Waals surface area contributed by atoms with E-state index in [4.69, 9.17) is 0 Å². The fourth-order valence-electron chi connectivity index (χ4n) is 2.90. The molecule has 0 radical (unpaired) electrons. The fraction of sp³-hybridized carbons (Fsp3) is 0.917. The van der Waals surface area contributed by atoms with E-state index < -0.39 is 0 Å². The number of hydrogen-bond donors (Lipinski definition) is 0. The smallest absolute Gasteiger partial charge is 0.320 e. The topological polar surface area (TPSA) is 26.8 Å². The second kappa shape index (κ2) is 4.24. The standard InChI is InChI=1S/C12H23N3O/c1-9(2)14-7-10-5-6-11(8-14)15(10)12(16)13(3)4/h9-11H,5-8H2,1-4H3. The number of urea groups is 1. The zero-order chi connectivity index (χ0) is 11.9. The van der Waals surface area contributed by atoms with E-state index in [-0.39, 0.29) is 6.03 Å². The fourth-order valence-corrected chi connectivity index (χ4v) is 2.90. The van der Waals surface area contributed by atoms with Gasteiger partial charge in [0.1, 0.15) is 0 Å². The molecule has 0 N–H and O–H groups in total. The number of carbonyl (C=O) groups is 1. The van der Waals surface area contributed by atoms with Crippen LogP contribution in [0.5, 0.6) is 0 Å². The number of likely N-dealkylation sites (tertiary alicyclic amines) is 1. The Morgan fingerprint density at radius 2 is 1.69 bits per heavy atom. The van der Waals surface area contributed by atoms with Crippen molar-refractivity contribution in [2.24, 2.45) is 0 Å². The maximum absolute atomic E-state index is 12.1. The third kappa shape index (κ3) is 1.90. The van der Waals surface area contributed by atoms with Gasteiger partial charge in [0.05, 0.1) is 0 Å². The van der Waals surface area contributed by atoms with Crippen molar-refractivity contribution in [1.29, 1.82) is 0 Å². The normalized spacial score (nSPS) is 29.9. The number of piperazine rings is 1. The number of carbonyl (C=O) groups excluding carboxylic acids is 1. The maximum Gasteiger partial charge on any atom is 0.320 e. The molecule has 2 heterocycles. The molecule has 2 aliphatic rings. The Morgan fingerprint density at radius 3 is 2.06 bits per heavy atom. The minimum absolute atomic E-state index is 0.191. The van der Waals surface area contributed by atoms with E-state index in [2.05, 4.69) is 23.6 Å². The lowest BCUT2D eigenvalue weighted by Crippen LogP contribution is -2.59. The molecule has 2 amide bonds. The first-order valence-electron chi connectivity index (χ1n) is 6.24. The lowest BCUT2D eigenvalue weighted by atomic mass is 10.1. The Labute approximate surface area is 98.2 Å². The van der Waals surface area contributed by atoms with Crippen molar-refractivity contribution in [2.45, 2.75) is 44.8 Å². The molecular formula is C12H23N3O. The van der Waals surface area contributed by atoms with Crippen molar-refractivity contribution in [3.8, 4) is 0 Å². The van der Waals surface area contributed by atoms with Crippen LogP contribution in [0.2, 0.25) is 0 Å². The van der Waals surface area contributed by atoms with Gasteiger partial charge < -0.3 is 9.80 Å². The van der Waals surface area contributed by atoms with Gasteiger partial charge in [-0.2, -0.15) is 0 Å². The molecule has 0 aromatic heterocycles. The van der Waals surface area contributed by atoms with Crippen LogP contribution in [0.25, 0.3) is 0 Å². The molecule has 4 nitrogen and oxygen atoms in total. The van der Waals surface area contributed by atoms with E-state index in [0.717, 1.165) is 13.1 Å². The van der Waals surface area contributed by atoms with E-state index in [1.54, 1.807) is 4.90 Å². The summed E-state index contributed by atoms with van der Waals surface area (Å²) < 4.78 is 0. The second-order valence-electron chi connectivity index (χ2n) is 5.52. The van der Waals surface area contributed by atoms with Crippen LogP contribution in [-0.2, 0) is 0 Å². The first kappa shape index (κ1) is 11.7. The van der Waals surface area contributed by atoms with Crippen molar-refractivity contribution >= 4 is 6.03 Å². The predicted octanol–water partition coefficient (Wildman–Crippen LogP) is 1.23. The Hall–Kier alpha value is -0.770. The average Bonchev–Trinajstić information content (AvgIpc) is 2.46. The lowest BCUT2D eigenvalue weighted by Gasteiger charge is -2.43. The van der Waals surface area contributed by atoms with Crippen molar-refractivity contribution in [1.82, 2.24) is 14.7 Å². The van der Waals surface area contributed by atoms with Crippen LogP contribution in [0.3, 0.4) is 0 Å². The quantitative estimate of drug-likeness (QED) is 0.671. The summed E-state index contributed by atoms with van der Waals surface area (Å²) in [6.07, 6.45) is 2.35. The van der Waals surface area contributed by atoms with Gasteiger partial charge in [0, 0.05) is 45.3 Å². The Balaban J connectivity index is 2.08.